The van der Waals surface area contributed by atoms with Gasteiger partial charge in [-0.2, -0.15) is 0 Å². The van der Waals surface area contributed by atoms with Gasteiger partial charge in [0, 0.05) is 0 Å². The summed E-state index contributed by atoms with van der Waals surface area (Å²) >= 11 is 0. The molecule has 1 nitrogen and oxygen atoms in total. The Bertz CT molecular complexity index is 380. The summed E-state index contributed by atoms with van der Waals surface area (Å²) in [6.07, 6.45) is 2.85. The maximum absolute atomic E-state index is 3.58. The van der Waals surface area contributed by atoms with Crippen molar-refractivity contribution in [3.63, 3.8) is 0 Å². The summed E-state index contributed by atoms with van der Waals surface area (Å²) in [5.74, 6) is 2.61. The summed E-state index contributed by atoms with van der Waals surface area (Å²) in [6, 6.07) is 7.01. The second-order valence-corrected chi connectivity index (χ2v) is 5.64. The van der Waals surface area contributed by atoms with E-state index in [1.807, 2.05) is 0 Å². The molecule has 2 aliphatic rings. The molecule has 0 aromatic heterocycles. The lowest BCUT2D eigenvalue weighted by atomic mass is 9.79. The van der Waals surface area contributed by atoms with Crippen molar-refractivity contribution in [3.8, 4) is 0 Å². The number of nitrogens with one attached hydrogen (secondary N) is 1. The Morgan fingerprint density at radius 1 is 1.06 bits per heavy atom. The van der Waals surface area contributed by atoms with Crippen molar-refractivity contribution >= 4 is 0 Å². The molecule has 1 aromatic rings. The van der Waals surface area contributed by atoms with Crippen LogP contribution in [0.25, 0.3) is 0 Å². The first-order chi connectivity index (χ1) is 7.75. The topological polar surface area (TPSA) is 12.0 Å². The van der Waals surface area contributed by atoms with Gasteiger partial charge in [0.15, 0.2) is 0 Å². The molecule has 1 saturated heterocycles. The zero-order valence-corrected chi connectivity index (χ0v) is 10.3. The Hall–Kier alpha value is -0.820. The van der Waals surface area contributed by atoms with Crippen LogP contribution in [0.2, 0.25) is 0 Å². The molecular formula is C15H21N. The molecule has 1 heterocycles. The summed E-state index contributed by atoms with van der Waals surface area (Å²) in [7, 11) is 0. The van der Waals surface area contributed by atoms with Gasteiger partial charge in [0.2, 0.25) is 0 Å². The van der Waals surface area contributed by atoms with E-state index in [4.69, 9.17) is 0 Å². The molecule has 2 unspecified atom stereocenters. The largest absolute Gasteiger partial charge is 0.316 e. The van der Waals surface area contributed by atoms with Gasteiger partial charge in [0.05, 0.1) is 0 Å². The van der Waals surface area contributed by atoms with Gasteiger partial charge in [-0.05, 0) is 68.7 Å². The Labute approximate surface area is 98.3 Å². The molecule has 1 aliphatic carbocycles. The summed E-state index contributed by atoms with van der Waals surface area (Å²) in [5.41, 5.74) is 4.52. The summed E-state index contributed by atoms with van der Waals surface area (Å²) in [6.45, 7) is 6.93. The van der Waals surface area contributed by atoms with E-state index in [9.17, 15) is 0 Å². The van der Waals surface area contributed by atoms with Gasteiger partial charge in [0.25, 0.3) is 0 Å². The fourth-order valence-electron chi connectivity index (χ4n) is 3.79. The van der Waals surface area contributed by atoms with Crippen molar-refractivity contribution in [3.05, 3.63) is 34.9 Å². The first-order valence-electron chi connectivity index (χ1n) is 6.53. The fourth-order valence-corrected chi connectivity index (χ4v) is 3.79. The highest BCUT2D eigenvalue weighted by Gasteiger charge is 2.39. The van der Waals surface area contributed by atoms with Crippen molar-refractivity contribution in [2.75, 3.05) is 13.1 Å². The molecule has 0 amide bonds. The molecule has 0 spiro atoms. The van der Waals surface area contributed by atoms with Crippen LogP contribution in [0.15, 0.2) is 18.2 Å². The normalized spacial score (nSPS) is 33.0. The van der Waals surface area contributed by atoms with Crippen molar-refractivity contribution in [2.24, 2.45) is 11.8 Å². The van der Waals surface area contributed by atoms with E-state index in [0.29, 0.717) is 0 Å². The minimum absolute atomic E-state index is 0.835. The summed E-state index contributed by atoms with van der Waals surface area (Å²) in [5, 5.41) is 3.58. The number of hydrogen-bond acceptors (Lipinski definition) is 1. The van der Waals surface area contributed by atoms with Gasteiger partial charge in [0.1, 0.15) is 0 Å². The number of benzene rings is 1. The molecule has 3 rings (SSSR count). The predicted molar refractivity (Wildman–Crippen MR) is 67.7 cm³/mol. The third-order valence-corrected chi connectivity index (χ3v) is 4.52. The third kappa shape index (κ3) is 1.58. The SMILES string of the molecule is Cc1ccc(C2C3CCC2CNC3)c(C)c1. The van der Waals surface area contributed by atoms with Crippen LogP contribution in [0.4, 0.5) is 0 Å². The molecule has 2 fully saturated rings. The summed E-state index contributed by atoms with van der Waals surface area (Å²) in [4.78, 5) is 0. The number of rotatable bonds is 1. The molecule has 2 atom stereocenters. The number of aryl methyl sites for hydroxylation is 2. The van der Waals surface area contributed by atoms with Crippen LogP contribution in [0.5, 0.6) is 0 Å². The maximum Gasteiger partial charge on any atom is -0.00144 e. The van der Waals surface area contributed by atoms with E-state index in [1.54, 1.807) is 5.56 Å². The van der Waals surface area contributed by atoms with Gasteiger partial charge in [-0.15, -0.1) is 0 Å². The van der Waals surface area contributed by atoms with Gasteiger partial charge in [-0.3, -0.25) is 0 Å². The van der Waals surface area contributed by atoms with E-state index in [0.717, 1.165) is 17.8 Å². The second-order valence-electron chi connectivity index (χ2n) is 5.64. The van der Waals surface area contributed by atoms with E-state index in [1.165, 1.54) is 37.1 Å². The van der Waals surface area contributed by atoms with Crippen molar-refractivity contribution in [1.29, 1.82) is 0 Å². The molecule has 86 valence electrons. The molecule has 16 heavy (non-hydrogen) atoms. The van der Waals surface area contributed by atoms with E-state index < -0.39 is 0 Å². The smallest absolute Gasteiger partial charge is 0.00144 e. The van der Waals surface area contributed by atoms with Gasteiger partial charge >= 0.3 is 0 Å². The van der Waals surface area contributed by atoms with Crippen LogP contribution in [0, 0.1) is 25.7 Å². The van der Waals surface area contributed by atoms with Gasteiger partial charge < -0.3 is 5.32 Å². The van der Waals surface area contributed by atoms with Crippen molar-refractivity contribution < 1.29 is 0 Å². The first-order valence-corrected chi connectivity index (χ1v) is 6.53. The van der Waals surface area contributed by atoms with Crippen LogP contribution in [0.3, 0.4) is 0 Å². The van der Waals surface area contributed by atoms with Crippen LogP contribution in [0.1, 0.15) is 35.4 Å². The highest BCUT2D eigenvalue weighted by molar-refractivity contribution is 5.35. The van der Waals surface area contributed by atoms with Crippen molar-refractivity contribution in [1.82, 2.24) is 5.32 Å². The zero-order chi connectivity index (χ0) is 11.1. The maximum atomic E-state index is 3.58. The van der Waals surface area contributed by atoms with E-state index in [2.05, 4.69) is 37.4 Å². The average Bonchev–Trinajstić information content (AvgIpc) is 2.50. The lowest BCUT2D eigenvalue weighted by Crippen LogP contribution is -2.36. The minimum Gasteiger partial charge on any atom is -0.316 e. The Kier molecular flexibility index (Phi) is 2.51. The monoisotopic (exact) mass is 215 g/mol. The molecule has 1 saturated carbocycles. The molecule has 1 N–H and O–H groups in total. The fraction of sp³-hybridized carbons (Fsp3) is 0.600. The lowest BCUT2D eigenvalue weighted by Gasteiger charge is -2.32. The number of piperidine rings is 1. The Balaban J connectivity index is 1.97. The Morgan fingerprint density at radius 2 is 1.75 bits per heavy atom. The zero-order valence-electron chi connectivity index (χ0n) is 10.3. The van der Waals surface area contributed by atoms with Gasteiger partial charge in [-0.1, -0.05) is 23.8 Å². The quantitative estimate of drug-likeness (QED) is 0.759. The lowest BCUT2D eigenvalue weighted by molar-refractivity contribution is 0.322. The molecule has 1 aromatic carbocycles. The minimum atomic E-state index is 0.835. The van der Waals surface area contributed by atoms with Crippen LogP contribution < -0.4 is 5.32 Å². The predicted octanol–water partition coefficient (Wildman–Crippen LogP) is 3.02. The van der Waals surface area contributed by atoms with E-state index >= 15 is 0 Å². The summed E-state index contributed by atoms with van der Waals surface area (Å²) < 4.78 is 0. The first kappa shape index (κ1) is 10.3. The number of hydrogen-bond donors (Lipinski definition) is 1. The molecule has 0 radical (unpaired) electrons. The average molecular weight is 215 g/mol. The van der Waals surface area contributed by atoms with Crippen LogP contribution in [-0.2, 0) is 0 Å². The standard InChI is InChI=1S/C15H21N/c1-10-3-6-14(11(2)7-10)15-12-4-5-13(15)9-16-8-12/h3,6-7,12-13,15-16H,4-5,8-9H2,1-2H3. The molecule has 1 aliphatic heterocycles. The molecular weight excluding hydrogens is 194 g/mol. The molecule has 2 bridgehead atoms. The van der Waals surface area contributed by atoms with Gasteiger partial charge in [-0.25, -0.2) is 0 Å². The second kappa shape index (κ2) is 3.89. The van der Waals surface area contributed by atoms with Crippen molar-refractivity contribution in [2.45, 2.75) is 32.6 Å². The van der Waals surface area contributed by atoms with E-state index in [-0.39, 0.29) is 0 Å². The third-order valence-electron chi connectivity index (χ3n) is 4.52. The highest BCUT2D eigenvalue weighted by Crippen LogP contribution is 2.46. The highest BCUT2D eigenvalue weighted by atomic mass is 14.9. The number of fused-ring (bicyclic) bond motifs is 2. The Morgan fingerprint density at radius 3 is 2.38 bits per heavy atom. The molecule has 1 heteroatoms. The van der Waals surface area contributed by atoms with Crippen LogP contribution >= 0.6 is 0 Å². The van der Waals surface area contributed by atoms with Crippen LogP contribution in [-0.4, -0.2) is 13.1 Å².